The maximum atomic E-state index is 13.8. The van der Waals surface area contributed by atoms with Gasteiger partial charge in [0.05, 0.1) is 11.3 Å². The van der Waals surface area contributed by atoms with E-state index in [0.717, 1.165) is 12.0 Å². The number of nitrogen functional groups attached to an aromatic ring is 1. The van der Waals surface area contributed by atoms with Crippen LogP contribution in [0.2, 0.25) is 0 Å². The molecule has 2 N–H and O–H groups in total. The van der Waals surface area contributed by atoms with Crippen LogP contribution in [0.4, 0.5) is 22.2 Å². The Morgan fingerprint density at radius 3 is 2.42 bits per heavy atom. The number of nitrogens with two attached hydrogens (primary N) is 1. The summed E-state index contributed by atoms with van der Waals surface area (Å²) in [6.07, 6.45) is 3.02. The van der Waals surface area contributed by atoms with Crippen LogP contribution in [0.1, 0.15) is 70.4 Å². The highest BCUT2D eigenvalue weighted by molar-refractivity contribution is 7.75. The quantitative estimate of drug-likeness (QED) is 0.513. The molecule has 11 nitrogen and oxygen atoms in total. The Labute approximate surface area is 237 Å². The minimum absolute atomic E-state index is 0.0811. The molecule has 216 valence electrons. The summed E-state index contributed by atoms with van der Waals surface area (Å²) in [6, 6.07) is 7.83. The van der Waals surface area contributed by atoms with Crippen molar-refractivity contribution in [3.8, 4) is 0 Å². The van der Waals surface area contributed by atoms with Gasteiger partial charge in [-0.1, -0.05) is 19.1 Å². The summed E-state index contributed by atoms with van der Waals surface area (Å²) in [7, 11) is -3.36. The van der Waals surface area contributed by atoms with Crippen molar-refractivity contribution in [1.29, 1.82) is 0 Å². The zero-order valence-corrected chi connectivity index (χ0v) is 24.8. The van der Waals surface area contributed by atoms with Crippen LogP contribution < -0.4 is 14.9 Å². The fourth-order valence-corrected chi connectivity index (χ4v) is 5.82. The second kappa shape index (κ2) is 11.1. The molecule has 4 heterocycles. The summed E-state index contributed by atoms with van der Waals surface area (Å²) in [5.41, 5.74) is 6.65. The molecule has 40 heavy (non-hydrogen) atoms. The normalized spacial score (nSPS) is 19.0. The number of hydrogen-bond donors (Lipinski definition) is 2. The highest BCUT2D eigenvalue weighted by Crippen LogP contribution is 2.39. The molecule has 4 rings (SSSR count). The molecule has 12 heteroatoms. The van der Waals surface area contributed by atoms with Crippen LogP contribution in [-0.2, 0) is 15.6 Å². The highest BCUT2D eigenvalue weighted by Gasteiger charge is 2.40. The summed E-state index contributed by atoms with van der Waals surface area (Å²) in [6.45, 7) is 13.3. The van der Waals surface area contributed by atoms with Crippen LogP contribution in [0.5, 0.6) is 0 Å². The number of carbonyl (C=O) groups is 2. The van der Waals surface area contributed by atoms with Crippen molar-refractivity contribution in [3.63, 3.8) is 0 Å². The van der Waals surface area contributed by atoms with Gasteiger partial charge in [-0.05, 0) is 83.2 Å². The minimum atomic E-state index is -3.36. The van der Waals surface area contributed by atoms with Crippen LogP contribution in [0.25, 0.3) is 5.57 Å². The molecule has 1 atom stereocenters. The van der Waals surface area contributed by atoms with E-state index < -0.39 is 22.4 Å². The number of rotatable bonds is 5. The van der Waals surface area contributed by atoms with Gasteiger partial charge in [0.2, 0.25) is 10.9 Å². The van der Waals surface area contributed by atoms with Gasteiger partial charge in [-0.2, -0.15) is 4.31 Å². The molecular weight excluding hydrogens is 532 g/mol. The van der Waals surface area contributed by atoms with E-state index in [1.54, 1.807) is 23.1 Å². The van der Waals surface area contributed by atoms with Crippen molar-refractivity contribution in [3.05, 3.63) is 47.7 Å². The van der Waals surface area contributed by atoms with Crippen molar-refractivity contribution in [1.82, 2.24) is 14.9 Å². The van der Waals surface area contributed by atoms with Gasteiger partial charge in [-0.3, -0.25) is 4.79 Å². The van der Waals surface area contributed by atoms with Crippen LogP contribution in [0, 0.1) is 5.92 Å². The molecule has 0 radical (unpaired) electrons. The fourth-order valence-electron chi connectivity index (χ4n) is 5.29. The molecular formula is C28H38N6O5S. The summed E-state index contributed by atoms with van der Waals surface area (Å²) in [5.74, 6) is 0.0235. The van der Waals surface area contributed by atoms with Gasteiger partial charge in [0.25, 0.3) is 5.91 Å². The number of carbonyl (C=O) groups excluding carboxylic acids is 2. The molecule has 1 saturated heterocycles. The maximum absolute atomic E-state index is 13.8. The first kappa shape index (κ1) is 29.3. The second-order valence-corrected chi connectivity index (χ2v) is 12.9. The second-order valence-electron chi connectivity index (χ2n) is 12.0. The van der Waals surface area contributed by atoms with Gasteiger partial charge in [-0.25, -0.2) is 23.2 Å². The van der Waals surface area contributed by atoms with E-state index in [4.69, 9.17) is 15.5 Å². The Kier molecular flexibility index (Phi) is 8.11. The number of pyridine rings is 2. The average molecular weight is 571 g/mol. The first-order valence-electron chi connectivity index (χ1n) is 13.3. The molecule has 0 aliphatic carbocycles. The average Bonchev–Trinajstić information content (AvgIpc) is 3.14. The highest BCUT2D eigenvalue weighted by atomic mass is 32.2. The molecule has 2 aromatic rings. The number of anilines is 3. The van der Waals surface area contributed by atoms with E-state index in [0.29, 0.717) is 47.8 Å². The molecule has 2 amide bonds. The summed E-state index contributed by atoms with van der Waals surface area (Å²) < 4.78 is 30.7. The van der Waals surface area contributed by atoms with Crippen molar-refractivity contribution >= 4 is 45.9 Å². The van der Waals surface area contributed by atoms with Crippen LogP contribution in [0.3, 0.4) is 0 Å². The Hall–Kier alpha value is -3.67. The van der Waals surface area contributed by atoms with Crippen molar-refractivity contribution < 1.29 is 22.7 Å². The first-order chi connectivity index (χ1) is 18.7. The summed E-state index contributed by atoms with van der Waals surface area (Å²) in [4.78, 5) is 39.0. The Morgan fingerprint density at radius 1 is 1.15 bits per heavy atom. The lowest BCUT2D eigenvalue weighted by Gasteiger charge is -2.34. The standard InChI is InChI=1S/C28H38N6O5S/c1-18-16-28(5,6)33(17-18)24-20(25(35)34(40(37)38)23-9-7-8-22(29)31-23)10-11-21(30-24)19-12-14-32(15-13-19)26(36)39-27(2,3)4/h7-12,18,40H,13-17H2,1-6H3,(H2,29,31)/t18-/m0/s1. The summed E-state index contributed by atoms with van der Waals surface area (Å²) in [5, 5.41) is 0. The predicted molar refractivity (Wildman–Crippen MR) is 156 cm³/mol. The van der Waals surface area contributed by atoms with Gasteiger partial charge >= 0.3 is 6.09 Å². The monoisotopic (exact) mass is 570 g/mol. The van der Waals surface area contributed by atoms with E-state index in [9.17, 15) is 18.0 Å². The molecule has 2 aromatic heterocycles. The molecule has 0 unspecified atom stereocenters. The number of nitrogens with zero attached hydrogens (tertiary/aromatic N) is 5. The molecule has 0 spiro atoms. The largest absolute Gasteiger partial charge is 0.444 e. The smallest absolute Gasteiger partial charge is 0.410 e. The van der Waals surface area contributed by atoms with Gasteiger partial charge in [0.1, 0.15) is 17.2 Å². The summed E-state index contributed by atoms with van der Waals surface area (Å²) >= 11 is 0. The van der Waals surface area contributed by atoms with Crippen LogP contribution in [-0.4, -0.2) is 66.1 Å². The number of thiol groups is 1. The zero-order chi connectivity index (χ0) is 29.4. The van der Waals surface area contributed by atoms with Crippen molar-refractivity contribution in [2.24, 2.45) is 5.92 Å². The van der Waals surface area contributed by atoms with Crippen LogP contribution in [0.15, 0.2) is 36.4 Å². The van der Waals surface area contributed by atoms with Crippen molar-refractivity contribution in [2.45, 2.75) is 65.5 Å². The van der Waals surface area contributed by atoms with Gasteiger partial charge in [0, 0.05) is 25.2 Å². The Morgan fingerprint density at radius 2 is 1.88 bits per heavy atom. The van der Waals surface area contributed by atoms with E-state index in [1.165, 1.54) is 12.1 Å². The Bertz CT molecular complexity index is 1410. The number of ether oxygens (including phenoxy) is 1. The molecule has 0 saturated carbocycles. The van der Waals surface area contributed by atoms with Gasteiger partial charge in [0.15, 0.2) is 5.82 Å². The van der Waals surface area contributed by atoms with E-state index in [1.807, 2.05) is 26.8 Å². The third-order valence-electron chi connectivity index (χ3n) is 6.95. The third-order valence-corrected chi connectivity index (χ3v) is 7.67. The van der Waals surface area contributed by atoms with E-state index in [2.05, 4.69) is 30.7 Å². The first-order valence-corrected chi connectivity index (χ1v) is 14.5. The molecule has 1 fully saturated rings. The van der Waals surface area contributed by atoms with Crippen LogP contribution >= 0.6 is 0 Å². The molecule has 0 bridgehead atoms. The van der Waals surface area contributed by atoms with E-state index in [-0.39, 0.29) is 28.8 Å². The zero-order valence-electron chi connectivity index (χ0n) is 23.9. The third kappa shape index (κ3) is 6.38. The maximum Gasteiger partial charge on any atom is 0.410 e. The van der Waals surface area contributed by atoms with E-state index >= 15 is 0 Å². The lowest BCUT2D eigenvalue weighted by atomic mass is 9.97. The molecule has 2 aliphatic rings. The van der Waals surface area contributed by atoms with Gasteiger partial charge in [-0.15, -0.1) is 0 Å². The fraction of sp³-hybridized carbons (Fsp3) is 0.500. The van der Waals surface area contributed by atoms with Crippen molar-refractivity contribution in [2.75, 3.05) is 34.6 Å². The SMILES string of the molecule is C[C@@H]1CN(c2nc(C3=CCN(C(=O)OC(C)(C)C)CC3)ccc2C(=O)N(c2cccc(N)n2)[SH](=O)=O)C(C)(C)C1. The minimum Gasteiger partial charge on any atom is -0.444 e. The predicted octanol–water partition coefficient (Wildman–Crippen LogP) is 3.88. The lowest BCUT2D eigenvalue weighted by molar-refractivity contribution is 0.0270. The Balaban J connectivity index is 1.73. The topological polar surface area (TPSA) is 139 Å². The number of amides is 2. The number of hydrogen-bond acceptors (Lipinski definition) is 9. The molecule has 2 aliphatic heterocycles. The van der Waals surface area contributed by atoms with Gasteiger partial charge < -0.3 is 20.3 Å². The molecule has 0 aromatic carbocycles. The lowest BCUT2D eigenvalue weighted by Crippen LogP contribution is -2.41. The number of aromatic nitrogens is 2.